The Labute approximate surface area is 37.2 Å². The fraction of sp³-hybridized carbons (Fsp3) is 1.00. The zero-order chi connectivity index (χ0) is 3.70. The van der Waals surface area contributed by atoms with Gasteiger partial charge in [0, 0.05) is 0 Å². The zero-order valence-electron chi connectivity index (χ0n) is 2.77. The quantitative estimate of drug-likeness (QED) is 0.450. The summed E-state index contributed by atoms with van der Waals surface area (Å²) >= 11 is 4.82. The van der Waals surface area contributed by atoms with Crippen molar-refractivity contribution in [1.29, 1.82) is 0 Å². The standard InChI is InChI=1S/C2H5NPS/c5-4-2-1-3-4/h1-2H2,(H,3,5)/q+1. The Hall–Kier alpha value is 0.480. The van der Waals surface area contributed by atoms with Crippen LogP contribution in [0.2, 0.25) is 0 Å². The molecule has 1 saturated heterocycles. The van der Waals surface area contributed by atoms with E-state index < -0.39 is 0 Å². The first-order valence-electron chi connectivity index (χ1n) is 1.58. The summed E-state index contributed by atoms with van der Waals surface area (Å²) in [7, 11) is 0. The molecule has 1 fully saturated rings. The minimum Gasteiger partial charge on any atom is -0.129 e. The van der Waals surface area contributed by atoms with E-state index in [1.807, 2.05) is 0 Å². The van der Waals surface area contributed by atoms with Crippen LogP contribution in [0.3, 0.4) is 0 Å². The Bertz CT molecular complexity index is 56.7. The molecular formula is C2H5NPS+. The summed E-state index contributed by atoms with van der Waals surface area (Å²) in [4.78, 5) is 0. The molecular weight excluding hydrogens is 101 g/mol. The summed E-state index contributed by atoms with van der Waals surface area (Å²) in [6.45, 7) is 1.08. The van der Waals surface area contributed by atoms with Crippen molar-refractivity contribution in [3.05, 3.63) is 0 Å². The average Bonchev–Trinajstić information content (AvgIpc) is 1.30. The molecule has 1 rings (SSSR count). The van der Waals surface area contributed by atoms with Crippen LogP contribution in [0.15, 0.2) is 0 Å². The number of hydrogen-bond donors (Lipinski definition) is 1. The van der Waals surface area contributed by atoms with Gasteiger partial charge in [-0.15, -0.1) is 5.09 Å². The third-order valence-electron chi connectivity index (χ3n) is 0.603. The Kier molecular flexibility index (Phi) is 0.946. The van der Waals surface area contributed by atoms with E-state index in [1.165, 1.54) is 6.16 Å². The lowest BCUT2D eigenvalue weighted by molar-refractivity contribution is 0.956. The first-order valence-corrected chi connectivity index (χ1v) is 4.12. The molecule has 0 aromatic carbocycles. The SMILES string of the molecule is S=[P+]1CCN1. The van der Waals surface area contributed by atoms with Crippen LogP contribution in [0.1, 0.15) is 0 Å². The topological polar surface area (TPSA) is 12.0 Å². The summed E-state index contributed by atoms with van der Waals surface area (Å²) in [5.41, 5.74) is 0. The Balaban J connectivity index is 2.32. The van der Waals surface area contributed by atoms with Crippen molar-refractivity contribution < 1.29 is 0 Å². The lowest BCUT2D eigenvalue weighted by Crippen LogP contribution is -2.20. The van der Waals surface area contributed by atoms with Crippen LogP contribution in [-0.2, 0) is 11.8 Å². The fourth-order valence-electron chi connectivity index (χ4n) is 0.203. The molecule has 5 heavy (non-hydrogen) atoms. The van der Waals surface area contributed by atoms with E-state index in [9.17, 15) is 0 Å². The lowest BCUT2D eigenvalue weighted by atomic mass is 10.8. The first-order chi connectivity index (χ1) is 2.39. The van der Waals surface area contributed by atoms with Crippen LogP contribution in [0.25, 0.3) is 0 Å². The van der Waals surface area contributed by atoms with Crippen LogP contribution >= 0.6 is 6.85 Å². The van der Waals surface area contributed by atoms with Gasteiger partial charge in [-0.3, -0.25) is 0 Å². The molecule has 1 nitrogen and oxygen atoms in total. The molecule has 28 valence electrons. The number of nitrogens with one attached hydrogen (secondary N) is 1. The van der Waals surface area contributed by atoms with E-state index in [0.29, 0.717) is 0 Å². The van der Waals surface area contributed by atoms with Gasteiger partial charge in [-0.05, 0) is 0 Å². The maximum Gasteiger partial charge on any atom is 0.265 e. The Morgan fingerprint density at radius 2 is 2.20 bits per heavy atom. The van der Waals surface area contributed by atoms with Gasteiger partial charge in [0.1, 0.15) is 0 Å². The van der Waals surface area contributed by atoms with Crippen LogP contribution in [0, 0.1) is 0 Å². The first kappa shape index (κ1) is 3.66. The molecule has 1 aliphatic heterocycles. The monoisotopic (exact) mass is 106 g/mol. The number of rotatable bonds is 0. The van der Waals surface area contributed by atoms with Crippen LogP contribution in [0.4, 0.5) is 0 Å². The highest BCUT2D eigenvalue weighted by Gasteiger charge is 2.18. The molecule has 0 aliphatic carbocycles. The van der Waals surface area contributed by atoms with Crippen molar-refractivity contribution in [1.82, 2.24) is 5.09 Å². The predicted octanol–water partition coefficient (Wildman–Crippen LogP) is 0.448. The van der Waals surface area contributed by atoms with E-state index in [-0.39, 0.29) is 6.85 Å². The molecule has 1 heterocycles. The van der Waals surface area contributed by atoms with Crippen molar-refractivity contribution in [3.8, 4) is 0 Å². The number of hydrogen-bond acceptors (Lipinski definition) is 1. The Morgan fingerprint density at radius 3 is 2.20 bits per heavy atom. The van der Waals surface area contributed by atoms with Gasteiger partial charge in [0.05, 0.1) is 6.54 Å². The van der Waals surface area contributed by atoms with Gasteiger partial charge in [0.2, 0.25) is 0 Å². The molecule has 1 aliphatic rings. The average molecular weight is 106 g/mol. The second-order valence-corrected chi connectivity index (χ2v) is 3.85. The van der Waals surface area contributed by atoms with Crippen LogP contribution < -0.4 is 5.09 Å². The molecule has 0 radical (unpaired) electrons. The third kappa shape index (κ3) is 0.656. The highest BCUT2D eigenvalue weighted by atomic mass is 32.4. The lowest BCUT2D eigenvalue weighted by Gasteiger charge is -1.97. The van der Waals surface area contributed by atoms with E-state index in [2.05, 4.69) is 5.09 Å². The van der Waals surface area contributed by atoms with Crippen LogP contribution in [0.5, 0.6) is 0 Å². The van der Waals surface area contributed by atoms with Crippen molar-refractivity contribution >= 4 is 18.7 Å². The molecule has 1 N–H and O–H groups in total. The molecule has 0 spiro atoms. The highest BCUT2D eigenvalue weighted by Crippen LogP contribution is 2.20. The van der Waals surface area contributed by atoms with E-state index in [0.717, 1.165) is 6.54 Å². The van der Waals surface area contributed by atoms with Gasteiger partial charge >= 0.3 is 0 Å². The van der Waals surface area contributed by atoms with Crippen molar-refractivity contribution in [2.75, 3.05) is 12.7 Å². The van der Waals surface area contributed by atoms with E-state index in [4.69, 9.17) is 11.8 Å². The van der Waals surface area contributed by atoms with E-state index >= 15 is 0 Å². The minimum atomic E-state index is -0.0844. The molecule has 0 saturated carbocycles. The molecule has 1 atom stereocenters. The molecule has 3 heteroatoms. The van der Waals surface area contributed by atoms with Gasteiger partial charge in [-0.1, -0.05) is 0 Å². The summed E-state index contributed by atoms with van der Waals surface area (Å²) < 4.78 is 0. The molecule has 0 aromatic rings. The van der Waals surface area contributed by atoms with Gasteiger partial charge in [-0.25, -0.2) is 0 Å². The van der Waals surface area contributed by atoms with Crippen molar-refractivity contribution in [2.24, 2.45) is 0 Å². The summed E-state index contributed by atoms with van der Waals surface area (Å²) in [6.07, 6.45) is 1.25. The third-order valence-corrected chi connectivity index (χ3v) is 2.74. The predicted molar refractivity (Wildman–Crippen MR) is 27.2 cm³/mol. The van der Waals surface area contributed by atoms with Gasteiger partial charge in [0.25, 0.3) is 6.85 Å². The van der Waals surface area contributed by atoms with Gasteiger partial charge < -0.3 is 0 Å². The smallest absolute Gasteiger partial charge is 0.129 e. The van der Waals surface area contributed by atoms with Crippen molar-refractivity contribution in [3.63, 3.8) is 0 Å². The van der Waals surface area contributed by atoms with Gasteiger partial charge in [-0.2, -0.15) is 0 Å². The summed E-state index contributed by atoms with van der Waals surface area (Å²) in [5.74, 6) is 0. The van der Waals surface area contributed by atoms with Crippen molar-refractivity contribution in [2.45, 2.75) is 0 Å². The Morgan fingerprint density at radius 1 is 1.80 bits per heavy atom. The second-order valence-electron chi connectivity index (χ2n) is 1.01. The summed E-state index contributed by atoms with van der Waals surface area (Å²) in [6, 6.07) is 0. The zero-order valence-corrected chi connectivity index (χ0v) is 4.48. The van der Waals surface area contributed by atoms with Crippen LogP contribution in [-0.4, -0.2) is 12.7 Å². The van der Waals surface area contributed by atoms with Gasteiger partial charge in [0.15, 0.2) is 18.0 Å². The maximum absolute atomic E-state index is 4.82. The summed E-state index contributed by atoms with van der Waals surface area (Å²) in [5, 5.41) is 3.09. The maximum atomic E-state index is 4.82. The minimum absolute atomic E-state index is 0.0844. The molecule has 1 unspecified atom stereocenters. The second kappa shape index (κ2) is 1.29. The molecule has 0 bridgehead atoms. The fourth-order valence-corrected chi connectivity index (χ4v) is 1.16. The molecule has 0 aromatic heterocycles. The van der Waals surface area contributed by atoms with E-state index in [1.54, 1.807) is 0 Å². The molecule has 0 amide bonds. The largest absolute Gasteiger partial charge is 0.265 e. The highest BCUT2D eigenvalue weighted by molar-refractivity contribution is 8.04. The normalized spacial score (nSPS) is 29.2.